The molecule has 0 aliphatic carbocycles. The first-order chi connectivity index (χ1) is 9.79. The molecule has 0 aliphatic heterocycles. The van der Waals surface area contributed by atoms with E-state index in [1.54, 1.807) is 24.3 Å². The van der Waals surface area contributed by atoms with Crippen LogP contribution in [-0.4, -0.2) is 19.9 Å². The zero-order chi connectivity index (χ0) is 15.6. The van der Waals surface area contributed by atoms with Crippen LogP contribution < -0.4 is 10.5 Å². The first kappa shape index (κ1) is 16.4. The molecule has 1 aromatic carbocycles. The Morgan fingerprint density at radius 3 is 2.71 bits per heavy atom. The number of benzene rings is 1. The maximum Gasteiger partial charge on any atom is 0.240 e. The number of sulfonamides is 1. The minimum Gasteiger partial charge on any atom is -0.398 e. The predicted molar refractivity (Wildman–Crippen MR) is 89.0 cm³/mol. The number of aromatic nitrogens is 1. The summed E-state index contributed by atoms with van der Waals surface area (Å²) in [5, 5.41) is 2.91. The van der Waals surface area contributed by atoms with E-state index in [4.69, 9.17) is 5.73 Å². The SMILES string of the molecule is Cc1nc(CCNS(=O)(=O)c2cc(N)c(Br)cc2C)cs1. The Morgan fingerprint density at radius 2 is 2.10 bits per heavy atom. The van der Waals surface area contributed by atoms with Gasteiger partial charge in [0.25, 0.3) is 0 Å². The van der Waals surface area contributed by atoms with Crippen molar-refractivity contribution in [3.63, 3.8) is 0 Å². The summed E-state index contributed by atoms with van der Waals surface area (Å²) >= 11 is 4.84. The van der Waals surface area contributed by atoms with Gasteiger partial charge in [0.05, 0.1) is 15.6 Å². The predicted octanol–water partition coefficient (Wildman–Crippen LogP) is 2.63. The van der Waals surface area contributed by atoms with Crippen molar-refractivity contribution in [1.29, 1.82) is 0 Å². The van der Waals surface area contributed by atoms with Gasteiger partial charge in [0.1, 0.15) is 0 Å². The van der Waals surface area contributed by atoms with Crippen molar-refractivity contribution >= 4 is 43.0 Å². The van der Waals surface area contributed by atoms with E-state index in [1.165, 1.54) is 6.07 Å². The molecule has 0 spiro atoms. The molecule has 0 unspecified atom stereocenters. The zero-order valence-corrected chi connectivity index (χ0v) is 14.9. The van der Waals surface area contributed by atoms with Gasteiger partial charge < -0.3 is 5.73 Å². The molecular formula is C13H16BrN3O2S2. The summed E-state index contributed by atoms with van der Waals surface area (Å²) in [4.78, 5) is 4.51. The van der Waals surface area contributed by atoms with Gasteiger partial charge >= 0.3 is 0 Å². The van der Waals surface area contributed by atoms with Gasteiger partial charge in [-0.1, -0.05) is 0 Å². The smallest absolute Gasteiger partial charge is 0.240 e. The van der Waals surface area contributed by atoms with Crippen LogP contribution in [0, 0.1) is 13.8 Å². The topological polar surface area (TPSA) is 85.1 Å². The van der Waals surface area contributed by atoms with Gasteiger partial charge in [-0.05, 0) is 47.5 Å². The van der Waals surface area contributed by atoms with Gasteiger partial charge in [0, 0.05) is 28.5 Å². The molecule has 5 nitrogen and oxygen atoms in total. The molecular weight excluding hydrogens is 374 g/mol. The Morgan fingerprint density at radius 1 is 1.38 bits per heavy atom. The lowest BCUT2D eigenvalue weighted by atomic mass is 10.2. The fourth-order valence-corrected chi connectivity index (χ4v) is 4.27. The van der Waals surface area contributed by atoms with E-state index in [0.717, 1.165) is 10.7 Å². The van der Waals surface area contributed by atoms with Crippen LogP contribution in [0.15, 0.2) is 26.9 Å². The normalized spacial score (nSPS) is 11.8. The second-order valence-electron chi connectivity index (χ2n) is 4.64. The Bertz CT molecular complexity index is 757. The third-order valence-corrected chi connectivity index (χ3v) is 6.04. The standard InChI is InChI=1S/C13H16BrN3O2S2/c1-8-5-11(14)12(15)6-13(8)21(18,19)16-4-3-10-7-20-9(2)17-10/h5-7,16H,3-4,15H2,1-2H3. The van der Waals surface area contributed by atoms with Crippen LogP contribution in [0.3, 0.4) is 0 Å². The summed E-state index contributed by atoms with van der Waals surface area (Å²) in [5.74, 6) is 0. The van der Waals surface area contributed by atoms with Crippen molar-refractivity contribution in [1.82, 2.24) is 9.71 Å². The molecule has 0 bridgehead atoms. The zero-order valence-electron chi connectivity index (χ0n) is 11.7. The van der Waals surface area contributed by atoms with Crippen LogP contribution in [0.25, 0.3) is 0 Å². The van der Waals surface area contributed by atoms with Crippen LogP contribution >= 0.6 is 27.3 Å². The minimum absolute atomic E-state index is 0.206. The first-order valence-electron chi connectivity index (χ1n) is 6.26. The quantitative estimate of drug-likeness (QED) is 0.769. The molecule has 0 radical (unpaired) electrons. The highest BCUT2D eigenvalue weighted by Crippen LogP contribution is 2.26. The van der Waals surface area contributed by atoms with Gasteiger partial charge in [-0.15, -0.1) is 11.3 Å². The van der Waals surface area contributed by atoms with E-state index >= 15 is 0 Å². The number of anilines is 1. The van der Waals surface area contributed by atoms with Gasteiger partial charge in [-0.3, -0.25) is 0 Å². The summed E-state index contributed by atoms with van der Waals surface area (Å²) in [6, 6.07) is 3.17. The van der Waals surface area contributed by atoms with E-state index in [9.17, 15) is 8.42 Å². The summed E-state index contributed by atoms with van der Waals surface area (Å²) in [6.07, 6.45) is 0.564. The second-order valence-corrected chi connectivity index (χ2v) is 8.30. The van der Waals surface area contributed by atoms with Crippen molar-refractivity contribution < 1.29 is 8.42 Å². The Hall–Kier alpha value is -0.960. The maximum absolute atomic E-state index is 12.3. The van der Waals surface area contributed by atoms with Gasteiger partial charge in [0.15, 0.2) is 0 Å². The third-order valence-electron chi connectivity index (χ3n) is 2.92. The van der Waals surface area contributed by atoms with Gasteiger partial charge in [-0.2, -0.15) is 0 Å². The number of nitrogens with zero attached hydrogens (tertiary/aromatic N) is 1. The Labute approximate surface area is 136 Å². The number of nitrogens with two attached hydrogens (primary N) is 1. The van der Waals surface area contributed by atoms with Gasteiger partial charge in [0.2, 0.25) is 10.0 Å². The average Bonchev–Trinajstić information content (AvgIpc) is 2.79. The molecule has 1 heterocycles. The van der Waals surface area contributed by atoms with E-state index in [-0.39, 0.29) is 4.90 Å². The molecule has 114 valence electrons. The van der Waals surface area contributed by atoms with Crippen LogP contribution in [0.5, 0.6) is 0 Å². The van der Waals surface area contributed by atoms with Crippen molar-refractivity contribution in [2.24, 2.45) is 0 Å². The highest BCUT2D eigenvalue weighted by Gasteiger charge is 2.18. The van der Waals surface area contributed by atoms with Crippen molar-refractivity contribution in [2.45, 2.75) is 25.2 Å². The minimum atomic E-state index is -3.57. The Kier molecular flexibility index (Phi) is 5.03. The van der Waals surface area contributed by atoms with E-state index in [0.29, 0.717) is 28.7 Å². The number of thiazole rings is 1. The molecule has 3 N–H and O–H groups in total. The molecule has 0 amide bonds. The van der Waals surface area contributed by atoms with Crippen molar-refractivity contribution in [2.75, 3.05) is 12.3 Å². The number of halogens is 1. The lowest BCUT2D eigenvalue weighted by molar-refractivity contribution is 0.581. The van der Waals surface area contributed by atoms with Crippen LogP contribution in [0.1, 0.15) is 16.3 Å². The molecule has 0 fully saturated rings. The molecule has 0 saturated heterocycles. The summed E-state index contributed by atoms with van der Waals surface area (Å²) < 4.78 is 27.9. The monoisotopic (exact) mass is 389 g/mol. The molecule has 2 aromatic rings. The lowest BCUT2D eigenvalue weighted by Crippen LogP contribution is -2.26. The summed E-state index contributed by atoms with van der Waals surface area (Å²) in [7, 11) is -3.57. The number of aryl methyl sites for hydroxylation is 2. The molecule has 1 aromatic heterocycles. The van der Waals surface area contributed by atoms with E-state index in [2.05, 4.69) is 25.6 Å². The van der Waals surface area contributed by atoms with Crippen LogP contribution in [0.4, 0.5) is 5.69 Å². The largest absolute Gasteiger partial charge is 0.398 e. The van der Waals surface area contributed by atoms with Crippen molar-refractivity contribution in [3.8, 4) is 0 Å². The number of nitrogens with one attached hydrogen (secondary N) is 1. The molecule has 0 saturated carbocycles. The second kappa shape index (κ2) is 6.43. The average molecular weight is 390 g/mol. The van der Waals surface area contributed by atoms with Crippen LogP contribution in [0.2, 0.25) is 0 Å². The molecule has 21 heavy (non-hydrogen) atoms. The van der Waals surface area contributed by atoms with Crippen molar-refractivity contribution in [3.05, 3.63) is 38.3 Å². The van der Waals surface area contributed by atoms with E-state index in [1.807, 2.05) is 12.3 Å². The summed E-state index contributed by atoms with van der Waals surface area (Å²) in [6.45, 7) is 3.97. The fourth-order valence-electron chi connectivity index (χ4n) is 1.87. The molecule has 2 rings (SSSR count). The molecule has 8 heteroatoms. The molecule has 0 aliphatic rings. The number of hydrogen-bond donors (Lipinski definition) is 2. The van der Waals surface area contributed by atoms with Gasteiger partial charge in [-0.25, -0.2) is 18.1 Å². The first-order valence-corrected chi connectivity index (χ1v) is 9.41. The number of nitrogen functional groups attached to an aromatic ring is 1. The van der Waals surface area contributed by atoms with E-state index < -0.39 is 10.0 Å². The summed E-state index contributed by atoms with van der Waals surface area (Å²) in [5.41, 5.74) is 7.70. The Balaban J connectivity index is 2.10. The highest BCUT2D eigenvalue weighted by molar-refractivity contribution is 9.10. The number of rotatable bonds is 5. The van der Waals surface area contributed by atoms with Crippen LogP contribution in [-0.2, 0) is 16.4 Å². The fraction of sp³-hybridized carbons (Fsp3) is 0.308. The lowest BCUT2D eigenvalue weighted by Gasteiger charge is -2.10. The third kappa shape index (κ3) is 4.03. The highest BCUT2D eigenvalue weighted by atomic mass is 79.9. The maximum atomic E-state index is 12.3. The molecule has 0 atom stereocenters. The number of hydrogen-bond acceptors (Lipinski definition) is 5.